The quantitative estimate of drug-likeness (QED) is 0.897. The summed E-state index contributed by atoms with van der Waals surface area (Å²) in [5.41, 5.74) is 1.84. The predicted octanol–water partition coefficient (Wildman–Crippen LogP) is 3.65. The van der Waals surface area contributed by atoms with Crippen molar-refractivity contribution in [3.63, 3.8) is 0 Å². The maximum Gasteiger partial charge on any atom is 0.0521 e. The molecule has 0 spiro atoms. The smallest absolute Gasteiger partial charge is 0.0521 e. The number of aryl methyl sites for hydroxylation is 1. The van der Waals surface area contributed by atoms with E-state index in [4.69, 9.17) is 0 Å². The molecule has 21 heavy (non-hydrogen) atoms. The molecule has 0 amide bonds. The van der Waals surface area contributed by atoms with Crippen LogP contribution < -0.4 is 5.32 Å². The zero-order chi connectivity index (χ0) is 15.5. The third kappa shape index (κ3) is 4.57. The van der Waals surface area contributed by atoms with Crippen molar-refractivity contribution < 1.29 is 0 Å². The molecule has 3 heteroatoms. The number of aromatic nitrogens is 2. The molecule has 3 nitrogen and oxygen atoms in total. The average Bonchev–Trinajstić information content (AvgIpc) is 2.81. The standard InChI is InChI=1S/C18H33N3/c1-6-19-12-15-7-8-17(18(2,3)4)10-16(15)9-14-11-20-21(5)13-14/h11,13,15-17,19H,6-10,12H2,1-5H3. The molecule has 1 fully saturated rings. The van der Waals surface area contributed by atoms with Crippen LogP contribution in [0.3, 0.4) is 0 Å². The van der Waals surface area contributed by atoms with Gasteiger partial charge in [-0.2, -0.15) is 5.10 Å². The molecular weight excluding hydrogens is 258 g/mol. The van der Waals surface area contributed by atoms with Gasteiger partial charge < -0.3 is 5.32 Å². The molecule has 1 aliphatic rings. The van der Waals surface area contributed by atoms with Gasteiger partial charge in [0.15, 0.2) is 0 Å². The third-order valence-corrected chi connectivity index (χ3v) is 5.28. The highest BCUT2D eigenvalue weighted by Gasteiger charge is 2.35. The highest BCUT2D eigenvalue weighted by Crippen LogP contribution is 2.43. The summed E-state index contributed by atoms with van der Waals surface area (Å²) in [5.74, 6) is 2.48. The minimum Gasteiger partial charge on any atom is -0.317 e. The Morgan fingerprint density at radius 3 is 2.62 bits per heavy atom. The summed E-state index contributed by atoms with van der Waals surface area (Å²) in [4.78, 5) is 0. The molecule has 120 valence electrons. The Hall–Kier alpha value is -0.830. The molecule has 0 saturated heterocycles. The largest absolute Gasteiger partial charge is 0.317 e. The molecule has 3 atom stereocenters. The van der Waals surface area contributed by atoms with Crippen molar-refractivity contribution in [2.75, 3.05) is 13.1 Å². The fraction of sp³-hybridized carbons (Fsp3) is 0.833. The van der Waals surface area contributed by atoms with Crippen molar-refractivity contribution >= 4 is 0 Å². The van der Waals surface area contributed by atoms with Gasteiger partial charge >= 0.3 is 0 Å². The number of rotatable bonds is 5. The summed E-state index contributed by atoms with van der Waals surface area (Å²) in [7, 11) is 2.01. The Morgan fingerprint density at radius 1 is 1.29 bits per heavy atom. The Balaban J connectivity index is 2.05. The molecule has 0 bridgehead atoms. The minimum absolute atomic E-state index is 0.441. The number of hydrogen-bond donors (Lipinski definition) is 1. The normalized spacial score (nSPS) is 27.0. The zero-order valence-corrected chi connectivity index (χ0v) is 14.5. The second-order valence-electron chi connectivity index (χ2n) is 7.93. The van der Waals surface area contributed by atoms with Gasteiger partial charge in [0.1, 0.15) is 0 Å². The number of hydrogen-bond acceptors (Lipinski definition) is 2. The van der Waals surface area contributed by atoms with E-state index in [2.05, 4.69) is 44.3 Å². The molecule has 1 saturated carbocycles. The molecule has 2 rings (SSSR count). The first-order chi connectivity index (χ1) is 9.90. The maximum absolute atomic E-state index is 4.34. The van der Waals surface area contributed by atoms with Crippen molar-refractivity contribution in [2.45, 2.75) is 53.4 Å². The fourth-order valence-corrected chi connectivity index (χ4v) is 3.84. The molecule has 1 N–H and O–H groups in total. The summed E-state index contributed by atoms with van der Waals surface area (Å²) < 4.78 is 1.93. The number of nitrogens with one attached hydrogen (secondary N) is 1. The SMILES string of the molecule is CCNCC1CCC(C(C)(C)C)CC1Cc1cnn(C)c1. The maximum atomic E-state index is 4.34. The van der Waals surface area contributed by atoms with Gasteiger partial charge in [0.25, 0.3) is 0 Å². The van der Waals surface area contributed by atoms with E-state index in [1.807, 2.05) is 17.9 Å². The van der Waals surface area contributed by atoms with Crippen LogP contribution >= 0.6 is 0 Å². The first-order valence-electron chi connectivity index (χ1n) is 8.58. The monoisotopic (exact) mass is 291 g/mol. The molecular formula is C18H33N3. The summed E-state index contributed by atoms with van der Waals surface area (Å²) in [6.45, 7) is 11.7. The summed E-state index contributed by atoms with van der Waals surface area (Å²) in [6.07, 6.45) is 9.56. The van der Waals surface area contributed by atoms with Gasteiger partial charge in [0.2, 0.25) is 0 Å². The molecule has 3 unspecified atom stereocenters. The second-order valence-corrected chi connectivity index (χ2v) is 7.93. The summed E-state index contributed by atoms with van der Waals surface area (Å²) in [5, 5.41) is 7.91. The highest BCUT2D eigenvalue weighted by atomic mass is 15.2. The molecule has 0 aliphatic heterocycles. The lowest BCUT2D eigenvalue weighted by Gasteiger charge is -2.42. The lowest BCUT2D eigenvalue weighted by Crippen LogP contribution is -2.37. The van der Waals surface area contributed by atoms with Crippen LogP contribution in [0.15, 0.2) is 12.4 Å². The summed E-state index contributed by atoms with van der Waals surface area (Å²) >= 11 is 0. The van der Waals surface area contributed by atoms with Gasteiger partial charge in [-0.15, -0.1) is 0 Å². The lowest BCUT2D eigenvalue weighted by atomic mass is 9.64. The molecule has 1 aliphatic carbocycles. The van der Waals surface area contributed by atoms with Gasteiger partial charge in [-0.1, -0.05) is 27.7 Å². The lowest BCUT2D eigenvalue weighted by molar-refractivity contribution is 0.0973. The highest BCUT2D eigenvalue weighted by molar-refractivity contribution is 5.06. The van der Waals surface area contributed by atoms with Crippen molar-refractivity contribution in [1.29, 1.82) is 0 Å². The van der Waals surface area contributed by atoms with Crippen molar-refractivity contribution in [3.05, 3.63) is 18.0 Å². The average molecular weight is 291 g/mol. The van der Waals surface area contributed by atoms with E-state index in [-0.39, 0.29) is 0 Å². The van der Waals surface area contributed by atoms with Crippen molar-refractivity contribution in [1.82, 2.24) is 15.1 Å². The topological polar surface area (TPSA) is 29.9 Å². The molecule has 1 aromatic heterocycles. The van der Waals surface area contributed by atoms with E-state index in [0.717, 1.165) is 24.3 Å². The van der Waals surface area contributed by atoms with E-state index in [9.17, 15) is 0 Å². The first-order valence-corrected chi connectivity index (χ1v) is 8.58. The van der Waals surface area contributed by atoms with Crippen LogP contribution in [0.2, 0.25) is 0 Å². The molecule has 0 aromatic carbocycles. The Morgan fingerprint density at radius 2 is 2.05 bits per heavy atom. The van der Waals surface area contributed by atoms with Gasteiger partial charge in [0.05, 0.1) is 6.20 Å². The van der Waals surface area contributed by atoms with Gasteiger partial charge in [-0.05, 0) is 67.5 Å². The van der Waals surface area contributed by atoms with E-state index in [1.54, 1.807) is 0 Å². The number of nitrogens with zero attached hydrogens (tertiary/aromatic N) is 2. The van der Waals surface area contributed by atoms with Crippen LogP contribution in [0.25, 0.3) is 0 Å². The van der Waals surface area contributed by atoms with Gasteiger partial charge in [0, 0.05) is 13.2 Å². The molecule has 1 aromatic rings. The van der Waals surface area contributed by atoms with Crippen LogP contribution in [-0.2, 0) is 13.5 Å². The Bertz CT molecular complexity index is 430. The Kier molecular flexibility index (Phi) is 5.48. The van der Waals surface area contributed by atoms with E-state index in [0.29, 0.717) is 5.41 Å². The first kappa shape index (κ1) is 16.5. The van der Waals surface area contributed by atoms with Crippen molar-refractivity contribution in [3.8, 4) is 0 Å². The van der Waals surface area contributed by atoms with Gasteiger partial charge in [-0.25, -0.2) is 0 Å². The van der Waals surface area contributed by atoms with Crippen LogP contribution in [-0.4, -0.2) is 22.9 Å². The van der Waals surface area contributed by atoms with E-state index < -0.39 is 0 Å². The predicted molar refractivity (Wildman–Crippen MR) is 89.2 cm³/mol. The summed E-state index contributed by atoms with van der Waals surface area (Å²) in [6, 6.07) is 0. The third-order valence-electron chi connectivity index (χ3n) is 5.28. The van der Waals surface area contributed by atoms with Crippen molar-refractivity contribution in [2.24, 2.45) is 30.2 Å². The Labute approximate surface area is 130 Å². The fourth-order valence-electron chi connectivity index (χ4n) is 3.84. The van der Waals surface area contributed by atoms with Gasteiger partial charge in [-0.3, -0.25) is 4.68 Å². The van der Waals surface area contributed by atoms with Crippen LogP contribution in [0, 0.1) is 23.2 Å². The molecule has 0 radical (unpaired) electrons. The molecule has 1 heterocycles. The van der Waals surface area contributed by atoms with Crippen LogP contribution in [0.1, 0.15) is 52.5 Å². The van der Waals surface area contributed by atoms with Crippen LogP contribution in [0.5, 0.6) is 0 Å². The van der Waals surface area contributed by atoms with Crippen LogP contribution in [0.4, 0.5) is 0 Å². The minimum atomic E-state index is 0.441. The van der Waals surface area contributed by atoms with E-state index in [1.165, 1.54) is 37.8 Å². The second kappa shape index (κ2) is 6.95. The van der Waals surface area contributed by atoms with E-state index >= 15 is 0 Å². The zero-order valence-electron chi connectivity index (χ0n) is 14.5.